The topological polar surface area (TPSA) is 24.5 Å². The van der Waals surface area contributed by atoms with Crippen molar-refractivity contribution in [3.8, 4) is 0 Å². The van der Waals surface area contributed by atoms with Crippen molar-refractivity contribution in [2.24, 2.45) is 11.8 Å². The van der Waals surface area contributed by atoms with E-state index in [0.29, 0.717) is 0 Å². The number of rotatable bonds is 6. The van der Waals surface area contributed by atoms with Gasteiger partial charge in [-0.15, -0.1) is 0 Å². The van der Waals surface area contributed by atoms with Crippen LogP contribution in [0.3, 0.4) is 0 Å². The first-order valence-electron chi connectivity index (χ1n) is 6.89. The minimum absolute atomic E-state index is 0.771. The van der Waals surface area contributed by atoms with E-state index in [9.17, 15) is 0 Å². The van der Waals surface area contributed by atoms with Crippen molar-refractivity contribution in [2.45, 2.75) is 26.2 Å². The maximum Gasteiger partial charge on any atom is 0.0507 e. The molecule has 2 atom stereocenters. The predicted octanol–water partition coefficient (Wildman–Crippen LogP) is 1.34. The molecule has 0 aromatic carbocycles. The first-order valence-corrected chi connectivity index (χ1v) is 6.89. The molecule has 0 spiro atoms. The highest BCUT2D eigenvalue weighted by atomic mass is 16.5. The highest BCUT2D eigenvalue weighted by Crippen LogP contribution is 2.16. The quantitative estimate of drug-likeness (QED) is 0.740. The molecule has 0 bridgehead atoms. The lowest BCUT2D eigenvalue weighted by Crippen LogP contribution is -2.30. The zero-order valence-electron chi connectivity index (χ0n) is 10.6. The number of hydrogen-bond donors (Lipinski definition) is 1. The zero-order valence-corrected chi connectivity index (χ0v) is 10.6. The number of nitrogens with zero attached hydrogens (tertiary/aromatic N) is 1. The Balaban J connectivity index is 1.53. The lowest BCUT2D eigenvalue weighted by molar-refractivity contribution is 0.185. The van der Waals surface area contributed by atoms with E-state index < -0.39 is 0 Å². The second-order valence-electron chi connectivity index (χ2n) is 5.34. The smallest absolute Gasteiger partial charge is 0.0507 e. The summed E-state index contributed by atoms with van der Waals surface area (Å²) in [6, 6.07) is 0. The van der Waals surface area contributed by atoms with Gasteiger partial charge in [-0.25, -0.2) is 0 Å². The van der Waals surface area contributed by atoms with Crippen LogP contribution in [-0.4, -0.2) is 50.8 Å². The third-order valence-electron chi connectivity index (χ3n) is 3.80. The van der Waals surface area contributed by atoms with Crippen LogP contribution in [0.15, 0.2) is 0 Å². The average Bonchev–Trinajstić information content (AvgIpc) is 2.90. The molecule has 2 rings (SSSR count). The molecule has 0 aliphatic carbocycles. The summed E-state index contributed by atoms with van der Waals surface area (Å²) in [6.45, 7) is 10.5. The molecule has 0 saturated carbocycles. The minimum Gasteiger partial charge on any atom is -0.381 e. The van der Waals surface area contributed by atoms with Crippen molar-refractivity contribution in [1.29, 1.82) is 0 Å². The summed E-state index contributed by atoms with van der Waals surface area (Å²) in [5.74, 6) is 1.65. The van der Waals surface area contributed by atoms with E-state index in [4.69, 9.17) is 4.74 Å². The number of ether oxygens (including phenoxy) is 1. The predicted molar refractivity (Wildman–Crippen MR) is 66.6 cm³/mol. The van der Waals surface area contributed by atoms with E-state index in [1.807, 2.05) is 0 Å². The van der Waals surface area contributed by atoms with E-state index in [0.717, 1.165) is 31.6 Å². The normalized spacial score (nSPS) is 31.3. The van der Waals surface area contributed by atoms with Gasteiger partial charge in [-0.05, 0) is 50.7 Å². The van der Waals surface area contributed by atoms with Gasteiger partial charge < -0.3 is 15.0 Å². The van der Waals surface area contributed by atoms with E-state index in [1.54, 1.807) is 0 Å². The van der Waals surface area contributed by atoms with Gasteiger partial charge in [-0.2, -0.15) is 0 Å². The Kier molecular flexibility index (Phi) is 5.07. The van der Waals surface area contributed by atoms with Gasteiger partial charge in [0.15, 0.2) is 0 Å². The van der Waals surface area contributed by atoms with Crippen molar-refractivity contribution in [2.75, 3.05) is 45.9 Å². The van der Waals surface area contributed by atoms with Crippen molar-refractivity contribution >= 4 is 0 Å². The van der Waals surface area contributed by atoms with Gasteiger partial charge >= 0.3 is 0 Å². The lowest BCUT2D eigenvalue weighted by atomic mass is 10.1. The van der Waals surface area contributed by atoms with Gasteiger partial charge in [0.25, 0.3) is 0 Å². The SMILES string of the molecule is CCCN1CCC(CNCC2CCOC2)C1. The van der Waals surface area contributed by atoms with Gasteiger partial charge in [0.05, 0.1) is 6.61 Å². The summed E-state index contributed by atoms with van der Waals surface area (Å²) in [4.78, 5) is 2.60. The van der Waals surface area contributed by atoms with Gasteiger partial charge in [0, 0.05) is 19.7 Å². The van der Waals surface area contributed by atoms with Gasteiger partial charge in [0.1, 0.15) is 0 Å². The molecule has 2 heterocycles. The third kappa shape index (κ3) is 3.72. The molecule has 2 fully saturated rings. The molecule has 0 radical (unpaired) electrons. The van der Waals surface area contributed by atoms with Crippen LogP contribution >= 0.6 is 0 Å². The molecule has 2 aliphatic heterocycles. The van der Waals surface area contributed by atoms with Crippen LogP contribution in [-0.2, 0) is 4.74 Å². The molecule has 2 unspecified atom stereocenters. The van der Waals surface area contributed by atoms with Crippen LogP contribution in [0.5, 0.6) is 0 Å². The monoisotopic (exact) mass is 226 g/mol. The highest BCUT2D eigenvalue weighted by Gasteiger charge is 2.22. The molecular weight excluding hydrogens is 200 g/mol. The Hall–Kier alpha value is -0.120. The largest absolute Gasteiger partial charge is 0.381 e. The Labute approximate surface area is 99.5 Å². The molecule has 0 aromatic rings. The van der Waals surface area contributed by atoms with Crippen LogP contribution in [0, 0.1) is 11.8 Å². The maximum atomic E-state index is 5.38. The Morgan fingerprint density at radius 1 is 1.25 bits per heavy atom. The molecule has 16 heavy (non-hydrogen) atoms. The van der Waals surface area contributed by atoms with Crippen LogP contribution in [0.2, 0.25) is 0 Å². The third-order valence-corrected chi connectivity index (χ3v) is 3.80. The van der Waals surface area contributed by atoms with Crippen molar-refractivity contribution < 1.29 is 4.74 Å². The molecule has 94 valence electrons. The molecule has 2 saturated heterocycles. The van der Waals surface area contributed by atoms with E-state index >= 15 is 0 Å². The fraction of sp³-hybridized carbons (Fsp3) is 1.00. The molecule has 3 heteroatoms. The Morgan fingerprint density at radius 2 is 2.12 bits per heavy atom. The molecule has 0 aromatic heterocycles. The second kappa shape index (κ2) is 6.58. The highest BCUT2D eigenvalue weighted by molar-refractivity contribution is 4.77. The van der Waals surface area contributed by atoms with Gasteiger partial charge in [0.2, 0.25) is 0 Å². The van der Waals surface area contributed by atoms with E-state index in [2.05, 4.69) is 17.1 Å². The molecular formula is C13H26N2O. The van der Waals surface area contributed by atoms with Gasteiger partial charge in [-0.1, -0.05) is 6.92 Å². The van der Waals surface area contributed by atoms with E-state index in [1.165, 1.54) is 45.4 Å². The number of nitrogens with one attached hydrogen (secondary N) is 1. The first kappa shape index (κ1) is 12.3. The fourth-order valence-electron chi connectivity index (χ4n) is 2.83. The lowest BCUT2D eigenvalue weighted by Gasteiger charge is -2.16. The standard InChI is InChI=1S/C13H26N2O/c1-2-5-15-6-3-12(10-15)8-14-9-13-4-7-16-11-13/h12-14H,2-11H2,1H3. The molecule has 1 N–H and O–H groups in total. The average molecular weight is 226 g/mol. The van der Waals surface area contributed by atoms with Crippen molar-refractivity contribution in [1.82, 2.24) is 10.2 Å². The summed E-state index contributed by atoms with van der Waals surface area (Å²) >= 11 is 0. The Bertz CT molecular complexity index is 192. The summed E-state index contributed by atoms with van der Waals surface area (Å²) in [6.07, 6.45) is 3.92. The summed E-state index contributed by atoms with van der Waals surface area (Å²) in [5, 5.41) is 3.63. The molecule has 0 amide bonds. The minimum atomic E-state index is 0.771. The van der Waals surface area contributed by atoms with Crippen LogP contribution < -0.4 is 5.32 Å². The first-order chi connectivity index (χ1) is 7.88. The van der Waals surface area contributed by atoms with Crippen molar-refractivity contribution in [3.05, 3.63) is 0 Å². The number of likely N-dealkylation sites (tertiary alicyclic amines) is 1. The van der Waals surface area contributed by atoms with Crippen LogP contribution in [0.4, 0.5) is 0 Å². The summed E-state index contributed by atoms with van der Waals surface area (Å²) in [5.41, 5.74) is 0. The van der Waals surface area contributed by atoms with Crippen LogP contribution in [0.1, 0.15) is 26.2 Å². The zero-order chi connectivity index (χ0) is 11.2. The molecule has 3 nitrogen and oxygen atoms in total. The second-order valence-corrected chi connectivity index (χ2v) is 5.34. The van der Waals surface area contributed by atoms with E-state index in [-0.39, 0.29) is 0 Å². The summed E-state index contributed by atoms with van der Waals surface area (Å²) < 4.78 is 5.38. The summed E-state index contributed by atoms with van der Waals surface area (Å²) in [7, 11) is 0. The Morgan fingerprint density at radius 3 is 2.88 bits per heavy atom. The maximum absolute atomic E-state index is 5.38. The van der Waals surface area contributed by atoms with Gasteiger partial charge in [-0.3, -0.25) is 0 Å². The van der Waals surface area contributed by atoms with Crippen molar-refractivity contribution in [3.63, 3.8) is 0 Å². The number of hydrogen-bond acceptors (Lipinski definition) is 3. The fourth-order valence-corrected chi connectivity index (χ4v) is 2.83. The molecule has 2 aliphatic rings. The van der Waals surface area contributed by atoms with Crippen LogP contribution in [0.25, 0.3) is 0 Å².